The van der Waals surface area contributed by atoms with Gasteiger partial charge in [0.05, 0.1) is 25.4 Å². The summed E-state index contributed by atoms with van der Waals surface area (Å²) in [5.74, 6) is -0.672. The Morgan fingerprint density at radius 3 is 1.43 bits per heavy atom. The second-order valence-electron chi connectivity index (χ2n) is 18.3. The van der Waals surface area contributed by atoms with Crippen molar-refractivity contribution >= 4 is 16.3 Å². The zero-order chi connectivity index (χ0) is 46.4. The molecule has 1 saturated heterocycles. The quantitative estimate of drug-likeness (QED) is 0.0173. The van der Waals surface area contributed by atoms with Gasteiger partial charge in [0.2, 0.25) is 5.91 Å². The Hall–Kier alpha value is -1.20. The summed E-state index contributed by atoms with van der Waals surface area (Å²) in [6.45, 7) is 3.29. The Morgan fingerprint density at radius 2 is 1.02 bits per heavy atom. The molecular formula is C49H95NO12S. The molecule has 0 aliphatic carbocycles. The molecule has 1 aliphatic rings. The van der Waals surface area contributed by atoms with Gasteiger partial charge in [0.1, 0.15) is 30.5 Å². The van der Waals surface area contributed by atoms with Crippen LogP contribution in [-0.2, 0) is 28.9 Å². The van der Waals surface area contributed by atoms with E-state index < -0.39 is 78.5 Å². The van der Waals surface area contributed by atoms with E-state index in [4.69, 9.17) is 9.47 Å². The van der Waals surface area contributed by atoms with Crippen LogP contribution in [0.5, 0.6) is 0 Å². The van der Waals surface area contributed by atoms with Crippen molar-refractivity contribution < 1.29 is 57.0 Å². The fourth-order valence-electron chi connectivity index (χ4n) is 8.34. The second-order valence-corrected chi connectivity index (χ2v) is 19.3. The molecule has 1 amide bonds. The van der Waals surface area contributed by atoms with Crippen molar-refractivity contribution in [2.75, 3.05) is 13.2 Å². The Kier molecular flexibility index (Phi) is 37.9. The molecule has 0 bridgehead atoms. The van der Waals surface area contributed by atoms with Gasteiger partial charge in [0, 0.05) is 0 Å². The minimum absolute atomic E-state index is 0.255. The van der Waals surface area contributed by atoms with Gasteiger partial charge in [-0.15, -0.1) is 0 Å². The van der Waals surface area contributed by atoms with E-state index in [9.17, 15) is 43.3 Å². The average Bonchev–Trinajstić information content (AvgIpc) is 3.25. The third-order valence-electron chi connectivity index (χ3n) is 12.4. The lowest BCUT2D eigenvalue weighted by molar-refractivity contribution is -0.298. The van der Waals surface area contributed by atoms with E-state index in [2.05, 4.69) is 35.5 Å². The van der Waals surface area contributed by atoms with Crippen LogP contribution in [0, 0.1) is 0 Å². The number of nitrogens with one attached hydrogen (secondary N) is 1. The Bertz CT molecular complexity index is 1190. The van der Waals surface area contributed by atoms with Gasteiger partial charge < -0.3 is 40.3 Å². The Labute approximate surface area is 383 Å². The van der Waals surface area contributed by atoms with Crippen molar-refractivity contribution in [3.63, 3.8) is 0 Å². The average molecular weight is 922 g/mol. The van der Waals surface area contributed by atoms with Crippen molar-refractivity contribution in [3.05, 3.63) is 12.2 Å². The summed E-state index contributed by atoms with van der Waals surface area (Å²) in [6, 6.07) is -1.03. The summed E-state index contributed by atoms with van der Waals surface area (Å²) in [6.07, 6.45) is 32.5. The highest BCUT2D eigenvalue weighted by molar-refractivity contribution is 7.80. The number of carbonyl (C=O) groups is 1. The Morgan fingerprint density at radius 1 is 0.619 bits per heavy atom. The fourth-order valence-corrected chi connectivity index (χ4v) is 8.85. The van der Waals surface area contributed by atoms with Crippen LogP contribution in [0.4, 0.5) is 0 Å². The highest BCUT2D eigenvalue weighted by Gasteiger charge is 2.48. The molecule has 63 heavy (non-hydrogen) atoms. The first-order valence-corrected chi connectivity index (χ1v) is 27.0. The molecule has 1 rings (SSSR count). The van der Waals surface area contributed by atoms with Gasteiger partial charge in [-0.05, 0) is 38.5 Å². The van der Waals surface area contributed by atoms with E-state index in [0.717, 1.165) is 57.8 Å². The molecule has 374 valence electrons. The highest BCUT2D eigenvalue weighted by Crippen LogP contribution is 2.26. The van der Waals surface area contributed by atoms with E-state index in [1.165, 1.54) is 135 Å². The third-order valence-corrected chi connectivity index (χ3v) is 12.9. The van der Waals surface area contributed by atoms with Crippen LogP contribution in [0.25, 0.3) is 0 Å². The molecule has 0 aromatic rings. The minimum atomic E-state index is -5.11. The van der Waals surface area contributed by atoms with E-state index in [1.54, 1.807) is 0 Å². The molecule has 0 saturated carbocycles. The smallest absolute Gasteiger partial charge is 0.394 e. The van der Waals surface area contributed by atoms with E-state index in [-0.39, 0.29) is 6.42 Å². The molecule has 0 aromatic heterocycles. The second kappa shape index (κ2) is 39.9. The molecule has 13 nitrogen and oxygen atoms in total. The molecule has 1 fully saturated rings. The maximum atomic E-state index is 13.2. The first-order chi connectivity index (χ1) is 30.4. The molecule has 1 aliphatic heterocycles. The first kappa shape index (κ1) is 59.8. The lowest BCUT2D eigenvalue weighted by Crippen LogP contribution is -2.61. The number of hydrogen-bond donors (Lipinski definition) is 7. The van der Waals surface area contributed by atoms with Crippen LogP contribution in [-0.4, -0.2) is 107 Å². The summed E-state index contributed by atoms with van der Waals surface area (Å²) in [5, 5.41) is 55.5. The molecule has 0 aromatic carbocycles. The van der Waals surface area contributed by atoms with Crippen LogP contribution in [0.2, 0.25) is 0 Å². The van der Waals surface area contributed by atoms with Crippen molar-refractivity contribution in [2.24, 2.45) is 0 Å². The van der Waals surface area contributed by atoms with Crippen LogP contribution in [0.3, 0.4) is 0 Å². The van der Waals surface area contributed by atoms with Gasteiger partial charge in [-0.2, -0.15) is 8.42 Å². The molecule has 8 unspecified atom stereocenters. The van der Waals surface area contributed by atoms with Gasteiger partial charge in [0.15, 0.2) is 6.29 Å². The van der Waals surface area contributed by atoms with Gasteiger partial charge in [-0.1, -0.05) is 206 Å². The van der Waals surface area contributed by atoms with Gasteiger partial charge >= 0.3 is 10.4 Å². The topological polar surface area (TPSA) is 212 Å². The van der Waals surface area contributed by atoms with Crippen molar-refractivity contribution in [1.82, 2.24) is 5.32 Å². The van der Waals surface area contributed by atoms with Crippen molar-refractivity contribution in [1.29, 1.82) is 0 Å². The number of amides is 1. The number of hydrogen-bond acceptors (Lipinski definition) is 11. The van der Waals surface area contributed by atoms with Gasteiger partial charge in [-0.25, -0.2) is 4.18 Å². The zero-order valence-electron chi connectivity index (χ0n) is 39.8. The largest absolute Gasteiger partial charge is 0.397 e. The summed E-state index contributed by atoms with van der Waals surface area (Å²) >= 11 is 0. The third kappa shape index (κ3) is 32.2. The van der Waals surface area contributed by atoms with Crippen LogP contribution in [0.15, 0.2) is 12.2 Å². The highest BCUT2D eigenvalue weighted by atomic mass is 32.3. The van der Waals surface area contributed by atoms with Crippen molar-refractivity contribution in [2.45, 2.75) is 281 Å². The van der Waals surface area contributed by atoms with Crippen LogP contribution in [0.1, 0.15) is 232 Å². The lowest BCUT2D eigenvalue weighted by atomic mass is 9.99. The molecule has 8 atom stereocenters. The predicted molar refractivity (Wildman–Crippen MR) is 252 cm³/mol. The maximum Gasteiger partial charge on any atom is 0.397 e. The van der Waals surface area contributed by atoms with E-state index in [0.29, 0.717) is 19.3 Å². The first-order valence-electron chi connectivity index (χ1n) is 25.7. The molecule has 1 heterocycles. The lowest BCUT2D eigenvalue weighted by Gasteiger charge is -2.41. The Balaban J connectivity index is 2.46. The molecule has 0 radical (unpaired) electrons. The van der Waals surface area contributed by atoms with Gasteiger partial charge in [0.25, 0.3) is 0 Å². The number of ether oxygens (including phenoxy) is 2. The molecular weight excluding hydrogens is 827 g/mol. The maximum absolute atomic E-state index is 13.2. The SMILES string of the molecule is CCCCCCCCCCCCC/C=C\CCCCCCCCC(O)C(=O)NC(COC1OC(CO)C(O)C(OS(=O)(=O)O)C1O)C(O)CCCCCCCCCCCCCCC. The number of aliphatic hydroxyl groups is 5. The summed E-state index contributed by atoms with van der Waals surface area (Å²) in [5.41, 5.74) is 0. The summed E-state index contributed by atoms with van der Waals surface area (Å²) in [7, 11) is -5.11. The van der Waals surface area contributed by atoms with E-state index >= 15 is 0 Å². The zero-order valence-corrected chi connectivity index (χ0v) is 40.6. The molecule has 7 N–H and O–H groups in total. The van der Waals surface area contributed by atoms with Crippen molar-refractivity contribution in [3.8, 4) is 0 Å². The van der Waals surface area contributed by atoms with E-state index in [1.807, 2.05) is 0 Å². The number of aliphatic hydroxyl groups excluding tert-OH is 5. The standard InChI is InChI=1S/C49H95NO12S/c1-3-5-7-9-11-13-15-17-18-19-20-21-22-23-24-26-28-30-32-34-36-38-43(53)48(56)50-41(42(52)37-35-33-31-29-27-25-16-14-12-10-8-6-4-2)40-60-49-46(55)47(62-63(57,58)59)45(54)44(39-51)61-49/h22-23,41-47,49,51-55H,3-21,24-40H2,1-2H3,(H,50,56)(H,57,58,59)/b23-22-. The fraction of sp³-hybridized carbons (Fsp3) is 0.939. The van der Waals surface area contributed by atoms with Crippen LogP contribution < -0.4 is 5.32 Å². The van der Waals surface area contributed by atoms with Gasteiger partial charge in [-0.3, -0.25) is 9.35 Å². The number of rotatable bonds is 44. The monoisotopic (exact) mass is 922 g/mol. The normalized spacial score (nSPS) is 20.9. The number of unbranched alkanes of at least 4 members (excludes halogenated alkanes) is 29. The minimum Gasteiger partial charge on any atom is -0.394 e. The number of allylic oxidation sites excluding steroid dienone is 2. The summed E-state index contributed by atoms with van der Waals surface area (Å²) in [4.78, 5) is 13.2. The van der Waals surface area contributed by atoms with Crippen LogP contribution >= 0.6 is 0 Å². The number of carbonyl (C=O) groups excluding carboxylic acids is 1. The molecule has 0 spiro atoms. The molecule has 14 heteroatoms. The predicted octanol–water partition coefficient (Wildman–Crippen LogP) is 9.70. The summed E-state index contributed by atoms with van der Waals surface area (Å²) < 4.78 is 47.6.